The van der Waals surface area contributed by atoms with E-state index in [9.17, 15) is 24.8 Å². The van der Waals surface area contributed by atoms with E-state index in [-0.39, 0.29) is 16.4 Å². The number of rotatable bonds is 5. The average molecular weight is 409 g/mol. The monoisotopic (exact) mass is 408 g/mol. The number of esters is 1. The number of hydrogen-bond donors (Lipinski definition) is 2. The summed E-state index contributed by atoms with van der Waals surface area (Å²) in [4.78, 5) is 35.4. The first-order valence-corrected chi connectivity index (χ1v) is 9.69. The maximum absolute atomic E-state index is 12.8. The summed E-state index contributed by atoms with van der Waals surface area (Å²) in [6, 6.07) is 3.89. The van der Waals surface area contributed by atoms with E-state index in [0.29, 0.717) is 31.1 Å². The maximum atomic E-state index is 12.8. The van der Waals surface area contributed by atoms with Gasteiger partial charge in [0.05, 0.1) is 15.9 Å². The number of carbonyl (C=O) groups excluding carboxylic acids is 2. The predicted molar refractivity (Wildman–Crippen MR) is 99.8 cm³/mol. The molecule has 4 fully saturated rings. The lowest BCUT2D eigenvalue weighted by atomic mass is 9.48. The Balaban J connectivity index is 1.39. The molecule has 0 aliphatic heterocycles. The van der Waals surface area contributed by atoms with Crippen molar-refractivity contribution in [1.82, 2.24) is 0 Å². The summed E-state index contributed by atoms with van der Waals surface area (Å²) in [5.74, 6) is -0.475. The first kappa shape index (κ1) is 19.1. The van der Waals surface area contributed by atoms with Crippen molar-refractivity contribution in [1.29, 1.82) is 0 Å². The zero-order chi connectivity index (χ0) is 20.1. The Morgan fingerprint density at radius 2 is 1.96 bits per heavy atom. The highest BCUT2D eigenvalue weighted by Crippen LogP contribution is 2.61. The van der Waals surface area contributed by atoms with Gasteiger partial charge in [-0.3, -0.25) is 19.7 Å². The van der Waals surface area contributed by atoms with Crippen molar-refractivity contribution in [3.05, 3.63) is 33.3 Å². The normalized spacial score (nSPS) is 32.8. The molecule has 2 unspecified atom stereocenters. The van der Waals surface area contributed by atoms with Gasteiger partial charge in [-0.15, -0.1) is 0 Å². The van der Waals surface area contributed by atoms with Crippen LogP contribution in [0, 0.1) is 27.4 Å². The van der Waals surface area contributed by atoms with Gasteiger partial charge in [0, 0.05) is 11.1 Å². The summed E-state index contributed by atoms with van der Waals surface area (Å²) in [7, 11) is 0. The Kier molecular flexibility index (Phi) is 4.58. The number of amides is 1. The van der Waals surface area contributed by atoms with Crippen LogP contribution in [0.3, 0.4) is 0 Å². The van der Waals surface area contributed by atoms with Crippen molar-refractivity contribution in [2.24, 2.45) is 17.3 Å². The Morgan fingerprint density at radius 1 is 1.29 bits per heavy atom. The minimum atomic E-state index is -0.796. The standard InChI is InChI=1S/C19H21ClN2O6/c20-13-1-2-14(15(4-13)22(26)27)21-16(23)9-28-17(24)18-5-11-3-12(6-18)8-19(25,7-11)10-18/h1-2,4,11-12,25H,3,5-10H2,(H,21,23). The van der Waals surface area contributed by atoms with E-state index >= 15 is 0 Å². The molecule has 0 heterocycles. The molecule has 4 bridgehead atoms. The molecule has 28 heavy (non-hydrogen) atoms. The second-order valence-electron chi connectivity index (χ2n) is 8.51. The largest absolute Gasteiger partial charge is 0.455 e. The lowest BCUT2D eigenvalue weighted by Gasteiger charge is -2.58. The van der Waals surface area contributed by atoms with Crippen LogP contribution < -0.4 is 5.32 Å². The quantitative estimate of drug-likeness (QED) is 0.439. The van der Waals surface area contributed by atoms with Gasteiger partial charge in [0.25, 0.3) is 11.6 Å². The maximum Gasteiger partial charge on any atom is 0.312 e. The van der Waals surface area contributed by atoms with Gasteiger partial charge in [0.2, 0.25) is 0 Å². The van der Waals surface area contributed by atoms with Gasteiger partial charge in [0.15, 0.2) is 6.61 Å². The first-order valence-electron chi connectivity index (χ1n) is 9.31. The lowest BCUT2D eigenvalue weighted by Crippen LogP contribution is -2.58. The topological polar surface area (TPSA) is 119 Å². The molecule has 1 amide bonds. The molecule has 5 rings (SSSR count). The molecule has 0 saturated heterocycles. The van der Waals surface area contributed by atoms with Crippen LogP contribution in [0.4, 0.5) is 11.4 Å². The number of aliphatic hydroxyl groups is 1. The third-order valence-corrected chi connectivity index (χ3v) is 6.46. The minimum Gasteiger partial charge on any atom is -0.455 e. The number of nitrogens with one attached hydrogen (secondary N) is 1. The Labute approximate surface area is 166 Å². The van der Waals surface area contributed by atoms with Crippen molar-refractivity contribution in [2.75, 3.05) is 11.9 Å². The third-order valence-electron chi connectivity index (χ3n) is 6.23. The number of ether oxygens (including phenoxy) is 1. The highest BCUT2D eigenvalue weighted by Gasteiger charge is 2.60. The highest BCUT2D eigenvalue weighted by molar-refractivity contribution is 6.31. The fourth-order valence-corrected chi connectivity index (χ4v) is 5.85. The van der Waals surface area contributed by atoms with Gasteiger partial charge >= 0.3 is 5.97 Å². The molecule has 1 aromatic rings. The molecule has 2 atom stereocenters. The average Bonchev–Trinajstić information content (AvgIpc) is 2.59. The predicted octanol–water partition coefficient (Wildman–Crippen LogP) is 3.06. The van der Waals surface area contributed by atoms with Crippen LogP contribution in [-0.4, -0.2) is 34.1 Å². The first-order chi connectivity index (χ1) is 13.2. The van der Waals surface area contributed by atoms with E-state index in [0.717, 1.165) is 25.3 Å². The van der Waals surface area contributed by atoms with Crippen molar-refractivity contribution in [2.45, 2.75) is 44.1 Å². The summed E-state index contributed by atoms with van der Waals surface area (Å²) in [6.07, 6.45) is 4.27. The van der Waals surface area contributed by atoms with E-state index in [1.807, 2.05) is 0 Å². The number of benzene rings is 1. The molecule has 0 aromatic heterocycles. The van der Waals surface area contributed by atoms with Crippen molar-refractivity contribution in [3.63, 3.8) is 0 Å². The summed E-state index contributed by atoms with van der Waals surface area (Å²) in [5, 5.41) is 24.4. The van der Waals surface area contributed by atoms with Crippen LogP contribution in [0.5, 0.6) is 0 Å². The molecule has 4 aliphatic rings. The molecule has 0 radical (unpaired) electrons. The number of anilines is 1. The number of nitro groups is 1. The zero-order valence-corrected chi connectivity index (χ0v) is 15.9. The highest BCUT2D eigenvalue weighted by atomic mass is 35.5. The van der Waals surface area contributed by atoms with Crippen LogP contribution >= 0.6 is 11.6 Å². The van der Waals surface area contributed by atoms with E-state index in [1.54, 1.807) is 0 Å². The smallest absolute Gasteiger partial charge is 0.312 e. The van der Waals surface area contributed by atoms with E-state index in [4.69, 9.17) is 16.3 Å². The van der Waals surface area contributed by atoms with E-state index < -0.39 is 34.4 Å². The molecular formula is C19H21ClN2O6. The minimum absolute atomic E-state index is 0.0143. The molecular weight excluding hydrogens is 388 g/mol. The van der Waals surface area contributed by atoms with Gasteiger partial charge in [-0.05, 0) is 62.5 Å². The van der Waals surface area contributed by atoms with Crippen LogP contribution in [0.15, 0.2) is 18.2 Å². The molecule has 1 aromatic carbocycles. The fourth-order valence-electron chi connectivity index (χ4n) is 5.69. The third kappa shape index (κ3) is 3.46. The zero-order valence-electron chi connectivity index (χ0n) is 15.2. The van der Waals surface area contributed by atoms with Crippen molar-refractivity contribution in [3.8, 4) is 0 Å². The number of nitro benzene ring substituents is 1. The molecule has 4 aliphatic carbocycles. The van der Waals surface area contributed by atoms with Crippen LogP contribution in [0.1, 0.15) is 38.5 Å². The number of halogens is 1. The van der Waals surface area contributed by atoms with Gasteiger partial charge in [-0.25, -0.2) is 0 Å². The molecule has 150 valence electrons. The lowest BCUT2D eigenvalue weighted by molar-refractivity contribution is -0.383. The number of nitrogens with zero attached hydrogens (tertiary/aromatic N) is 1. The molecule has 2 N–H and O–H groups in total. The van der Waals surface area contributed by atoms with Crippen LogP contribution in [0.25, 0.3) is 0 Å². The van der Waals surface area contributed by atoms with Crippen molar-refractivity contribution >= 4 is 34.9 Å². The van der Waals surface area contributed by atoms with Gasteiger partial charge in [0.1, 0.15) is 5.69 Å². The number of carbonyl (C=O) groups is 2. The summed E-state index contributed by atoms with van der Waals surface area (Å²) in [6.45, 7) is -0.534. The Hall–Kier alpha value is -2.19. The van der Waals surface area contributed by atoms with Gasteiger partial charge in [-0.1, -0.05) is 11.6 Å². The van der Waals surface area contributed by atoms with Gasteiger partial charge < -0.3 is 15.2 Å². The number of hydrogen-bond acceptors (Lipinski definition) is 6. The van der Waals surface area contributed by atoms with Crippen LogP contribution in [0.2, 0.25) is 5.02 Å². The fraction of sp³-hybridized carbons (Fsp3) is 0.579. The Morgan fingerprint density at radius 3 is 2.57 bits per heavy atom. The second-order valence-corrected chi connectivity index (χ2v) is 8.95. The molecule has 4 saturated carbocycles. The molecule has 9 heteroatoms. The van der Waals surface area contributed by atoms with E-state index in [2.05, 4.69) is 5.32 Å². The van der Waals surface area contributed by atoms with Gasteiger partial charge in [-0.2, -0.15) is 0 Å². The van der Waals surface area contributed by atoms with E-state index in [1.165, 1.54) is 12.1 Å². The Bertz CT molecular complexity index is 843. The van der Waals surface area contributed by atoms with Crippen LogP contribution in [-0.2, 0) is 14.3 Å². The molecule has 8 nitrogen and oxygen atoms in total. The SMILES string of the molecule is O=C(COC(=O)C12CC3CC(CC(O)(C3)C1)C2)Nc1ccc(Cl)cc1[N+](=O)[O-]. The van der Waals surface area contributed by atoms with Crippen molar-refractivity contribution < 1.29 is 24.4 Å². The summed E-state index contributed by atoms with van der Waals surface area (Å²) < 4.78 is 5.27. The molecule has 0 spiro atoms. The second kappa shape index (κ2) is 6.70. The summed E-state index contributed by atoms with van der Waals surface area (Å²) in [5.41, 5.74) is -1.87. The summed E-state index contributed by atoms with van der Waals surface area (Å²) >= 11 is 5.75.